The van der Waals surface area contributed by atoms with Crippen molar-refractivity contribution in [1.82, 2.24) is 0 Å². The van der Waals surface area contributed by atoms with Gasteiger partial charge in [0.25, 0.3) is 5.91 Å². The number of amides is 1. The van der Waals surface area contributed by atoms with E-state index in [4.69, 9.17) is 22.1 Å². The maximum Gasteiger partial charge on any atom is 0.262 e. The van der Waals surface area contributed by atoms with Crippen LogP contribution in [0.3, 0.4) is 0 Å². The van der Waals surface area contributed by atoms with Crippen molar-refractivity contribution < 1.29 is 13.9 Å². The molecule has 0 spiro atoms. The summed E-state index contributed by atoms with van der Waals surface area (Å²) >= 11 is 8.83. The van der Waals surface area contributed by atoms with E-state index in [1.54, 1.807) is 18.2 Å². The second-order valence-corrected chi connectivity index (χ2v) is 5.41. The van der Waals surface area contributed by atoms with Gasteiger partial charge in [-0.05, 0) is 52.3 Å². The van der Waals surface area contributed by atoms with Crippen molar-refractivity contribution in [2.24, 2.45) is 0 Å². The van der Waals surface area contributed by atoms with Gasteiger partial charge in [-0.1, -0.05) is 11.6 Å². The average Bonchev–Trinajstić information content (AvgIpc) is 2.44. The third kappa shape index (κ3) is 4.34. The molecule has 0 heterocycles. The number of hydrogen-bond acceptors (Lipinski definition) is 3. The predicted octanol–water partition coefficient (Wildman–Crippen LogP) is 3.84. The highest BCUT2D eigenvalue weighted by Crippen LogP contribution is 2.23. The van der Waals surface area contributed by atoms with Gasteiger partial charge in [-0.25, -0.2) is 4.39 Å². The highest BCUT2D eigenvalue weighted by Gasteiger charge is 2.07. The summed E-state index contributed by atoms with van der Waals surface area (Å²) < 4.78 is 18.6. The first kappa shape index (κ1) is 15.6. The maximum absolute atomic E-state index is 13.1. The number of benzene rings is 2. The van der Waals surface area contributed by atoms with Crippen LogP contribution in [0.5, 0.6) is 5.75 Å². The summed E-state index contributed by atoms with van der Waals surface area (Å²) in [6.07, 6.45) is 0. The SMILES string of the molecule is Nc1cc(NC(=O)COc2ccc(F)c(Br)c2)ccc1Cl. The highest BCUT2D eigenvalue weighted by molar-refractivity contribution is 9.10. The van der Waals surface area contributed by atoms with E-state index in [1.807, 2.05) is 0 Å². The lowest BCUT2D eigenvalue weighted by molar-refractivity contribution is -0.118. The molecule has 0 atom stereocenters. The molecule has 2 rings (SSSR count). The zero-order valence-corrected chi connectivity index (χ0v) is 13.0. The van der Waals surface area contributed by atoms with E-state index in [0.717, 1.165) is 0 Å². The number of hydrogen-bond donors (Lipinski definition) is 2. The van der Waals surface area contributed by atoms with Crippen LogP contribution in [0.4, 0.5) is 15.8 Å². The Morgan fingerprint density at radius 2 is 2.10 bits per heavy atom. The Kier molecular flexibility index (Phi) is 5.03. The fourth-order valence-corrected chi connectivity index (χ4v) is 2.01. The van der Waals surface area contributed by atoms with Crippen LogP contribution in [0.25, 0.3) is 0 Å². The van der Waals surface area contributed by atoms with Crippen molar-refractivity contribution in [3.8, 4) is 5.75 Å². The van der Waals surface area contributed by atoms with Gasteiger partial charge in [-0.2, -0.15) is 0 Å². The number of anilines is 2. The molecule has 0 radical (unpaired) electrons. The normalized spacial score (nSPS) is 10.2. The molecule has 2 aromatic rings. The first-order valence-electron chi connectivity index (χ1n) is 5.88. The lowest BCUT2D eigenvalue weighted by Gasteiger charge is -2.09. The summed E-state index contributed by atoms with van der Waals surface area (Å²) in [5.74, 6) is -0.380. The van der Waals surface area contributed by atoms with E-state index < -0.39 is 5.82 Å². The molecule has 0 bridgehead atoms. The molecule has 0 saturated carbocycles. The van der Waals surface area contributed by atoms with Crippen LogP contribution in [0.2, 0.25) is 5.02 Å². The zero-order chi connectivity index (χ0) is 15.4. The molecular weight excluding hydrogens is 363 g/mol. The number of nitrogens with one attached hydrogen (secondary N) is 1. The number of rotatable bonds is 4. The topological polar surface area (TPSA) is 64.3 Å². The second-order valence-electron chi connectivity index (χ2n) is 4.15. The molecule has 0 aliphatic rings. The van der Waals surface area contributed by atoms with Gasteiger partial charge < -0.3 is 15.8 Å². The van der Waals surface area contributed by atoms with Gasteiger partial charge in [0.15, 0.2) is 6.61 Å². The minimum absolute atomic E-state index is 0.208. The van der Waals surface area contributed by atoms with E-state index in [1.165, 1.54) is 18.2 Å². The number of halogens is 3. The molecule has 7 heteroatoms. The standard InChI is InChI=1S/C14H11BrClFN2O2/c15-10-6-9(2-4-12(10)17)21-7-14(20)19-8-1-3-11(16)13(18)5-8/h1-6H,7,18H2,(H,19,20). The van der Waals surface area contributed by atoms with E-state index in [9.17, 15) is 9.18 Å². The lowest BCUT2D eigenvalue weighted by Crippen LogP contribution is -2.20. The fraction of sp³-hybridized carbons (Fsp3) is 0.0714. The smallest absolute Gasteiger partial charge is 0.262 e. The maximum atomic E-state index is 13.1. The largest absolute Gasteiger partial charge is 0.484 e. The summed E-state index contributed by atoms with van der Waals surface area (Å²) in [7, 11) is 0. The number of carbonyl (C=O) groups is 1. The van der Waals surface area contributed by atoms with Crippen LogP contribution >= 0.6 is 27.5 Å². The number of ether oxygens (including phenoxy) is 1. The molecular formula is C14H11BrClFN2O2. The minimum Gasteiger partial charge on any atom is -0.484 e. The Hall–Kier alpha value is -1.79. The number of nitrogen functional groups attached to an aromatic ring is 1. The zero-order valence-electron chi connectivity index (χ0n) is 10.7. The molecule has 0 aliphatic heterocycles. The second kappa shape index (κ2) is 6.78. The summed E-state index contributed by atoms with van der Waals surface area (Å²) in [5, 5.41) is 3.03. The molecule has 110 valence electrons. The van der Waals surface area contributed by atoms with Gasteiger partial charge in [0, 0.05) is 5.69 Å². The Morgan fingerprint density at radius 3 is 2.76 bits per heavy atom. The van der Waals surface area contributed by atoms with Crippen LogP contribution in [0.1, 0.15) is 0 Å². The van der Waals surface area contributed by atoms with Gasteiger partial charge in [0.05, 0.1) is 15.2 Å². The molecule has 1 amide bonds. The molecule has 2 aromatic carbocycles. The fourth-order valence-electron chi connectivity index (χ4n) is 1.53. The van der Waals surface area contributed by atoms with Crippen molar-refractivity contribution in [3.63, 3.8) is 0 Å². The first-order valence-corrected chi connectivity index (χ1v) is 7.05. The Morgan fingerprint density at radius 1 is 1.33 bits per heavy atom. The molecule has 4 nitrogen and oxygen atoms in total. The average molecular weight is 374 g/mol. The van der Waals surface area contributed by atoms with Crippen LogP contribution in [0.15, 0.2) is 40.9 Å². The molecule has 0 unspecified atom stereocenters. The molecule has 0 fully saturated rings. The van der Waals surface area contributed by atoms with Crippen LogP contribution in [-0.2, 0) is 4.79 Å². The van der Waals surface area contributed by atoms with Crippen molar-refractivity contribution in [2.45, 2.75) is 0 Å². The van der Waals surface area contributed by atoms with E-state index in [-0.39, 0.29) is 17.0 Å². The number of carbonyl (C=O) groups excluding carboxylic acids is 1. The van der Waals surface area contributed by atoms with Crippen molar-refractivity contribution >= 4 is 44.8 Å². The quantitative estimate of drug-likeness (QED) is 0.800. The summed E-state index contributed by atoms with van der Waals surface area (Å²) in [6, 6.07) is 8.90. The van der Waals surface area contributed by atoms with Crippen molar-refractivity contribution in [2.75, 3.05) is 17.7 Å². The van der Waals surface area contributed by atoms with Crippen LogP contribution in [0, 0.1) is 5.82 Å². The van der Waals surface area contributed by atoms with Gasteiger partial charge in [0.2, 0.25) is 0 Å². The Balaban J connectivity index is 1.92. The van der Waals surface area contributed by atoms with Gasteiger partial charge >= 0.3 is 0 Å². The van der Waals surface area contributed by atoms with Crippen LogP contribution in [-0.4, -0.2) is 12.5 Å². The predicted molar refractivity (Wildman–Crippen MR) is 84.1 cm³/mol. The molecule has 21 heavy (non-hydrogen) atoms. The van der Waals surface area contributed by atoms with Gasteiger partial charge in [0.1, 0.15) is 11.6 Å². The van der Waals surface area contributed by atoms with E-state index >= 15 is 0 Å². The van der Waals surface area contributed by atoms with E-state index in [2.05, 4.69) is 21.2 Å². The summed E-state index contributed by atoms with van der Waals surface area (Å²) in [6.45, 7) is -0.208. The molecule has 0 aliphatic carbocycles. The number of nitrogens with two attached hydrogens (primary N) is 1. The van der Waals surface area contributed by atoms with Gasteiger partial charge in [-0.3, -0.25) is 4.79 Å². The molecule has 0 aromatic heterocycles. The summed E-state index contributed by atoms with van der Waals surface area (Å²) in [5.41, 5.74) is 6.53. The van der Waals surface area contributed by atoms with Crippen molar-refractivity contribution in [3.05, 3.63) is 51.7 Å². The summed E-state index contributed by atoms with van der Waals surface area (Å²) in [4.78, 5) is 11.7. The third-order valence-electron chi connectivity index (χ3n) is 2.54. The lowest BCUT2D eigenvalue weighted by atomic mass is 10.3. The highest BCUT2D eigenvalue weighted by atomic mass is 79.9. The molecule has 0 saturated heterocycles. The van der Waals surface area contributed by atoms with Crippen LogP contribution < -0.4 is 15.8 Å². The van der Waals surface area contributed by atoms with E-state index in [0.29, 0.717) is 22.1 Å². The monoisotopic (exact) mass is 372 g/mol. The third-order valence-corrected chi connectivity index (χ3v) is 3.49. The molecule has 3 N–H and O–H groups in total. The minimum atomic E-state index is -0.400. The Bertz CT molecular complexity index is 682. The van der Waals surface area contributed by atoms with Crippen molar-refractivity contribution in [1.29, 1.82) is 0 Å². The first-order chi connectivity index (χ1) is 9.95. The Labute approximate surface area is 134 Å². The van der Waals surface area contributed by atoms with Gasteiger partial charge in [-0.15, -0.1) is 0 Å².